The second-order valence-electron chi connectivity index (χ2n) is 12.9. The maximum absolute atomic E-state index is 11.9. The summed E-state index contributed by atoms with van der Waals surface area (Å²) in [6, 6.07) is 0. The first-order valence-corrected chi connectivity index (χ1v) is 12.8. The summed E-state index contributed by atoms with van der Waals surface area (Å²) in [5, 5.41) is 22.5. The second kappa shape index (κ2) is 7.29. The molecule has 0 bridgehead atoms. The summed E-state index contributed by atoms with van der Waals surface area (Å²) in [4.78, 5) is 11.9. The highest BCUT2D eigenvalue weighted by molar-refractivity contribution is 5.66. The molecule has 0 aromatic rings. The number of hydrogen-bond donors (Lipinski definition) is 2. The van der Waals surface area contributed by atoms with Crippen molar-refractivity contribution in [2.24, 2.45) is 45.3 Å². The number of fused-ring (bicyclic) bond motifs is 7. The van der Waals surface area contributed by atoms with Crippen molar-refractivity contribution in [2.75, 3.05) is 13.2 Å². The van der Waals surface area contributed by atoms with Gasteiger partial charge in [-0.15, -0.1) is 0 Å². The topological polar surface area (TPSA) is 76.0 Å². The van der Waals surface area contributed by atoms with E-state index in [4.69, 9.17) is 9.47 Å². The van der Waals surface area contributed by atoms with Gasteiger partial charge in [0.1, 0.15) is 0 Å². The Bertz CT molecular complexity index is 819. The summed E-state index contributed by atoms with van der Waals surface area (Å²) in [5.41, 5.74) is 0.921. The summed E-state index contributed by atoms with van der Waals surface area (Å²) in [5.74, 6) is 0.738. The van der Waals surface area contributed by atoms with Gasteiger partial charge in [-0.2, -0.15) is 0 Å². The molecule has 1 saturated heterocycles. The van der Waals surface area contributed by atoms with Crippen LogP contribution < -0.4 is 0 Å². The molecule has 4 aliphatic carbocycles. The van der Waals surface area contributed by atoms with Gasteiger partial charge in [0, 0.05) is 23.7 Å². The Labute approximate surface area is 192 Å². The average Bonchev–Trinajstić information content (AvgIpc) is 3.10. The minimum Gasteiger partial charge on any atom is -0.465 e. The largest absolute Gasteiger partial charge is 0.465 e. The number of hydrogen-bond acceptors (Lipinski definition) is 5. The van der Waals surface area contributed by atoms with E-state index in [1.165, 1.54) is 18.9 Å². The summed E-state index contributed by atoms with van der Waals surface area (Å²) in [6.07, 6.45) is 8.31. The third kappa shape index (κ3) is 2.89. The molecule has 3 saturated carbocycles. The molecule has 5 heteroatoms. The third-order valence-electron chi connectivity index (χ3n) is 11.2. The van der Waals surface area contributed by atoms with Gasteiger partial charge in [-0.3, -0.25) is 4.79 Å². The number of rotatable bonds is 2. The van der Waals surface area contributed by atoms with E-state index in [1.807, 2.05) is 0 Å². The molecule has 5 aliphatic rings. The van der Waals surface area contributed by atoms with E-state index in [1.54, 1.807) is 0 Å². The Kier molecular flexibility index (Phi) is 5.21. The Morgan fingerprint density at radius 1 is 1.12 bits per heavy atom. The molecule has 2 N–H and O–H groups in total. The SMILES string of the molecule is CC(=O)OC[C@]12CCCC(C)(C)[C@@H]1CC[C@]1(C)[C@@H]2C[C@@H](O)[C@]2(C)[C@@H]3C(=CC[C@@H]12)CO[C@H]3O. The number of aliphatic hydroxyl groups excluding tert-OH is 2. The monoisotopic (exact) mass is 446 g/mol. The van der Waals surface area contributed by atoms with E-state index >= 15 is 0 Å². The summed E-state index contributed by atoms with van der Waals surface area (Å²) >= 11 is 0. The van der Waals surface area contributed by atoms with Crippen molar-refractivity contribution in [2.45, 2.75) is 92.0 Å². The van der Waals surface area contributed by atoms with Gasteiger partial charge in [0.15, 0.2) is 6.29 Å². The number of carbonyl (C=O) groups excluding carboxylic acids is 1. The fourth-order valence-electron chi connectivity index (χ4n) is 9.89. The Balaban J connectivity index is 1.60. The van der Waals surface area contributed by atoms with Gasteiger partial charge < -0.3 is 19.7 Å². The average molecular weight is 447 g/mol. The maximum atomic E-state index is 11.9. The zero-order valence-corrected chi connectivity index (χ0v) is 20.5. The van der Waals surface area contributed by atoms with Gasteiger partial charge >= 0.3 is 5.97 Å². The zero-order valence-electron chi connectivity index (χ0n) is 20.5. The van der Waals surface area contributed by atoms with Gasteiger partial charge in [0.2, 0.25) is 0 Å². The fraction of sp³-hybridized carbons (Fsp3) is 0.889. The molecule has 180 valence electrons. The van der Waals surface area contributed by atoms with E-state index < -0.39 is 17.8 Å². The minimum absolute atomic E-state index is 0.0301. The van der Waals surface area contributed by atoms with Gasteiger partial charge in [-0.05, 0) is 72.7 Å². The fourth-order valence-corrected chi connectivity index (χ4v) is 9.89. The summed E-state index contributed by atoms with van der Waals surface area (Å²) in [6.45, 7) is 11.9. The normalized spacial score (nSPS) is 51.5. The van der Waals surface area contributed by atoms with Crippen molar-refractivity contribution in [1.82, 2.24) is 0 Å². The van der Waals surface area contributed by atoms with Crippen LogP contribution >= 0.6 is 0 Å². The van der Waals surface area contributed by atoms with Crippen molar-refractivity contribution in [3.05, 3.63) is 11.6 Å². The van der Waals surface area contributed by atoms with Crippen LogP contribution in [0.3, 0.4) is 0 Å². The van der Waals surface area contributed by atoms with Crippen LogP contribution in [-0.2, 0) is 14.3 Å². The molecule has 0 aromatic carbocycles. The highest BCUT2D eigenvalue weighted by atomic mass is 16.6. The molecule has 0 unspecified atom stereocenters. The molecule has 0 aromatic heterocycles. The van der Waals surface area contributed by atoms with Crippen LogP contribution in [-0.4, -0.2) is 41.8 Å². The number of esters is 1. The first kappa shape index (κ1) is 22.9. The smallest absolute Gasteiger partial charge is 0.302 e. The Hall–Kier alpha value is -0.910. The number of ether oxygens (including phenoxy) is 2. The highest BCUT2D eigenvalue weighted by Gasteiger charge is 2.70. The van der Waals surface area contributed by atoms with E-state index in [0.717, 1.165) is 32.1 Å². The molecule has 9 atom stereocenters. The molecule has 0 radical (unpaired) electrons. The second-order valence-corrected chi connectivity index (χ2v) is 12.9. The first-order valence-electron chi connectivity index (χ1n) is 12.8. The molecular formula is C27H42O5. The van der Waals surface area contributed by atoms with Crippen molar-refractivity contribution in [3.63, 3.8) is 0 Å². The Morgan fingerprint density at radius 2 is 1.88 bits per heavy atom. The van der Waals surface area contributed by atoms with Gasteiger partial charge in [-0.25, -0.2) is 0 Å². The molecule has 1 aliphatic heterocycles. The predicted molar refractivity (Wildman–Crippen MR) is 121 cm³/mol. The van der Waals surface area contributed by atoms with Gasteiger partial charge in [0.05, 0.1) is 19.3 Å². The highest BCUT2D eigenvalue weighted by Crippen LogP contribution is 2.73. The quantitative estimate of drug-likeness (QED) is 0.484. The molecule has 5 nitrogen and oxygen atoms in total. The minimum atomic E-state index is -0.830. The van der Waals surface area contributed by atoms with Crippen LogP contribution in [0.25, 0.3) is 0 Å². The summed E-state index contributed by atoms with van der Waals surface area (Å²) in [7, 11) is 0. The lowest BCUT2D eigenvalue weighted by Gasteiger charge is -2.70. The van der Waals surface area contributed by atoms with Crippen molar-refractivity contribution in [1.29, 1.82) is 0 Å². The predicted octanol–water partition coefficient (Wildman–Crippen LogP) is 4.46. The van der Waals surface area contributed by atoms with E-state index in [0.29, 0.717) is 31.5 Å². The van der Waals surface area contributed by atoms with Gasteiger partial charge in [-0.1, -0.05) is 40.2 Å². The van der Waals surface area contributed by atoms with Gasteiger partial charge in [0.25, 0.3) is 0 Å². The summed E-state index contributed by atoms with van der Waals surface area (Å²) < 4.78 is 11.5. The lowest BCUT2D eigenvalue weighted by Crippen LogP contribution is -2.68. The number of allylic oxidation sites excluding steroid dienone is 1. The third-order valence-corrected chi connectivity index (χ3v) is 11.2. The van der Waals surface area contributed by atoms with Crippen LogP contribution in [0.1, 0.15) is 79.6 Å². The molecule has 5 rings (SSSR count). The first-order chi connectivity index (χ1) is 15.0. The van der Waals surface area contributed by atoms with Crippen molar-refractivity contribution in [3.8, 4) is 0 Å². The van der Waals surface area contributed by atoms with E-state index in [9.17, 15) is 15.0 Å². The lowest BCUT2D eigenvalue weighted by molar-refractivity contribution is -0.259. The molecule has 4 fully saturated rings. The number of aliphatic hydroxyl groups is 2. The molecule has 32 heavy (non-hydrogen) atoms. The van der Waals surface area contributed by atoms with E-state index in [-0.39, 0.29) is 34.1 Å². The zero-order chi connectivity index (χ0) is 23.1. The molecule has 0 spiro atoms. The number of carbonyl (C=O) groups is 1. The van der Waals surface area contributed by atoms with Crippen LogP contribution in [0.5, 0.6) is 0 Å². The molecule has 0 amide bonds. The maximum Gasteiger partial charge on any atom is 0.302 e. The van der Waals surface area contributed by atoms with Crippen LogP contribution in [0.2, 0.25) is 0 Å². The van der Waals surface area contributed by atoms with Crippen molar-refractivity contribution < 1.29 is 24.5 Å². The lowest BCUT2D eigenvalue weighted by atomic mass is 9.34. The van der Waals surface area contributed by atoms with Crippen LogP contribution in [0.15, 0.2) is 11.6 Å². The van der Waals surface area contributed by atoms with Crippen LogP contribution in [0, 0.1) is 45.3 Å². The molecular weight excluding hydrogens is 404 g/mol. The standard InChI is InChI=1S/C27H42O5/c1-16(28)32-15-27-11-6-10-24(2,3)18(27)9-12-25(4)19-8-7-17-14-31-23(30)22(17)26(19,5)21(29)13-20(25)27/h7,18-23,29-30H,6,8-15H2,1-5H3/t18-,19-,20-,21+,22+,23+,25-,26+,27+/m0/s1. The van der Waals surface area contributed by atoms with Crippen LogP contribution in [0.4, 0.5) is 0 Å². The Morgan fingerprint density at radius 3 is 2.59 bits per heavy atom. The van der Waals surface area contributed by atoms with Crippen molar-refractivity contribution >= 4 is 5.97 Å². The molecule has 1 heterocycles. The van der Waals surface area contributed by atoms with E-state index in [2.05, 4.69) is 33.8 Å².